The molecule has 1 atom stereocenters. The zero-order chi connectivity index (χ0) is 12.4. The van der Waals surface area contributed by atoms with Crippen LogP contribution >= 0.6 is 11.8 Å². The van der Waals surface area contributed by atoms with Crippen LogP contribution in [0.1, 0.15) is 51.0 Å². The van der Waals surface area contributed by atoms with Crippen LogP contribution < -0.4 is 0 Å². The Morgan fingerprint density at radius 2 is 2.06 bits per heavy atom. The van der Waals surface area contributed by atoms with Gasteiger partial charge >= 0.3 is 0 Å². The summed E-state index contributed by atoms with van der Waals surface area (Å²) >= 11 is 1.59. The van der Waals surface area contributed by atoms with Crippen molar-refractivity contribution in [1.82, 2.24) is 20.2 Å². The number of tetrazole rings is 1. The van der Waals surface area contributed by atoms with Crippen molar-refractivity contribution in [2.75, 3.05) is 5.75 Å². The van der Waals surface area contributed by atoms with E-state index in [0.29, 0.717) is 11.8 Å². The third-order valence-corrected chi connectivity index (χ3v) is 4.92. The molecule has 1 heterocycles. The Kier molecular flexibility index (Phi) is 3.84. The Hall–Kier alpha value is -0.620. The van der Waals surface area contributed by atoms with Gasteiger partial charge in [0.1, 0.15) is 0 Å². The number of aliphatic hydroxyl groups is 1. The van der Waals surface area contributed by atoms with Crippen molar-refractivity contribution in [3.05, 3.63) is 0 Å². The van der Waals surface area contributed by atoms with Gasteiger partial charge in [-0.3, -0.25) is 0 Å². The highest BCUT2D eigenvalue weighted by Gasteiger charge is 2.28. The van der Waals surface area contributed by atoms with E-state index in [4.69, 9.17) is 0 Å². The second-order valence-corrected chi connectivity index (χ2v) is 6.48. The molecule has 0 bridgehead atoms. The molecule has 2 aliphatic carbocycles. The molecule has 2 saturated carbocycles. The first-order valence-corrected chi connectivity index (χ1v) is 7.90. The predicted octanol–water partition coefficient (Wildman–Crippen LogP) is 2.04. The first-order valence-electron chi connectivity index (χ1n) is 6.91. The first kappa shape index (κ1) is 12.4. The highest BCUT2D eigenvalue weighted by atomic mass is 32.2. The SMILES string of the molecule is OC(CSc1nnnn1C1CC1)CC1CCCC1. The van der Waals surface area contributed by atoms with Crippen LogP contribution in [0.25, 0.3) is 0 Å². The topological polar surface area (TPSA) is 63.8 Å². The van der Waals surface area contributed by atoms with E-state index in [0.717, 1.165) is 17.5 Å². The average molecular weight is 268 g/mol. The normalized spacial score (nSPS) is 22.5. The fourth-order valence-electron chi connectivity index (χ4n) is 2.70. The average Bonchev–Trinajstić information content (AvgIpc) is 2.90. The van der Waals surface area contributed by atoms with Gasteiger partial charge in [0.25, 0.3) is 0 Å². The van der Waals surface area contributed by atoms with Crippen LogP contribution in [0, 0.1) is 5.92 Å². The summed E-state index contributed by atoms with van der Waals surface area (Å²) in [6, 6.07) is 0.509. The van der Waals surface area contributed by atoms with Crippen LogP contribution in [0.4, 0.5) is 0 Å². The molecule has 5 nitrogen and oxygen atoms in total. The van der Waals surface area contributed by atoms with Crippen molar-refractivity contribution in [1.29, 1.82) is 0 Å². The van der Waals surface area contributed by atoms with Crippen LogP contribution in [-0.4, -0.2) is 37.2 Å². The van der Waals surface area contributed by atoms with Gasteiger partial charge < -0.3 is 5.11 Å². The van der Waals surface area contributed by atoms with E-state index < -0.39 is 0 Å². The van der Waals surface area contributed by atoms with E-state index in [-0.39, 0.29) is 6.10 Å². The molecular formula is C12H20N4OS. The molecule has 18 heavy (non-hydrogen) atoms. The van der Waals surface area contributed by atoms with Gasteiger partial charge in [-0.05, 0) is 35.6 Å². The number of nitrogens with zero attached hydrogens (tertiary/aromatic N) is 4. The second kappa shape index (κ2) is 5.57. The van der Waals surface area contributed by atoms with Crippen molar-refractivity contribution in [3.8, 4) is 0 Å². The van der Waals surface area contributed by atoms with E-state index in [1.165, 1.54) is 38.5 Å². The predicted molar refractivity (Wildman–Crippen MR) is 69.4 cm³/mol. The first-order chi connectivity index (χ1) is 8.83. The minimum Gasteiger partial charge on any atom is -0.392 e. The molecule has 0 amide bonds. The van der Waals surface area contributed by atoms with Gasteiger partial charge in [-0.1, -0.05) is 37.4 Å². The van der Waals surface area contributed by atoms with Crippen molar-refractivity contribution in [2.45, 2.75) is 62.2 Å². The number of aromatic nitrogens is 4. The lowest BCUT2D eigenvalue weighted by Crippen LogP contribution is -2.15. The smallest absolute Gasteiger partial charge is 0.209 e. The van der Waals surface area contributed by atoms with Crippen molar-refractivity contribution >= 4 is 11.8 Å². The summed E-state index contributed by atoms with van der Waals surface area (Å²) in [5.74, 6) is 1.45. The zero-order valence-corrected chi connectivity index (χ0v) is 11.3. The van der Waals surface area contributed by atoms with Gasteiger partial charge in [-0.2, -0.15) is 0 Å². The van der Waals surface area contributed by atoms with E-state index in [1.54, 1.807) is 11.8 Å². The summed E-state index contributed by atoms with van der Waals surface area (Å²) in [4.78, 5) is 0. The van der Waals surface area contributed by atoms with Crippen LogP contribution in [0.5, 0.6) is 0 Å². The lowest BCUT2D eigenvalue weighted by atomic mass is 10.0. The lowest BCUT2D eigenvalue weighted by Gasteiger charge is -2.14. The molecule has 1 aromatic rings. The monoisotopic (exact) mass is 268 g/mol. The molecule has 0 saturated heterocycles. The molecule has 0 aromatic carbocycles. The van der Waals surface area contributed by atoms with E-state index in [2.05, 4.69) is 15.5 Å². The minimum atomic E-state index is -0.220. The van der Waals surface area contributed by atoms with Gasteiger partial charge in [-0.15, -0.1) is 5.10 Å². The Bertz CT molecular complexity index is 387. The molecule has 3 rings (SSSR count). The van der Waals surface area contributed by atoms with Crippen LogP contribution in [0.2, 0.25) is 0 Å². The maximum absolute atomic E-state index is 10.1. The molecule has 2 fully saturated rings. The molecule has 1 aromatic heterocycles. The molecule has 0 radical (unpaired) electrons. The maximum Gasteiger partial charge on any atom is 0.209 e. The fraction of sp³-hybridized carbons (Fsp3) is 0.917. The standard InChI is InChI=1S/C12H20N4OS/c17-11(7-9-3-1-2-4-9)8-18-12-13-14-15-16(12)10-5-6-10/h9-11,17H,1-8H2. The van der Waals surface area contributed by atoms with Crippen molar-refractivity contribution < 1.29 is 5.11 Å². The van der Waals surface area contributed by atoms with Gasteiger partial charge in [0, 0.05) is 5.75 Å². The quantitative estimate of drug-likeness (QED) is 0.800. The molecule has 1 unspecified atom stereocenters. The molecule has 0 spiro atoms. The van der Waals surface area contributed by atoms with Gasteiger partial charge in [0.2, 0.25) is 5.16 Å². The Balaban J connectivity index is 1.46. The minimum absolute atomic E-state index is 0.220. The molecule has 6 heteroatoms. The Labute approximate surface area is 111 Å². The summed E-state index contributed by atoms with van der Waals surface area (Å²) in [6.07, 6.45) is 8.35. The largest absolute Gasteiger partial charge is 0.392 e. The fourth-order valence-corrected chi connectivity index (χ4v) is 3.59. The number of rotatable bonds is 6. The van der Waals surface area contributed by atoms with Crippen LogP contribution in [0.3, 0.4) is 0 Å². The summed E-state index contributed by atoms with van der Waals surface area (Å²) in [7, 11) is 0. The summed E-state index contributed by atoms with van der Waals surface area (Å²) in [5.41, 5.74) is 0. The third kappa shape index (κ3) is 3.03. The summed E-state index contributed by atoms with van der Waals surface area (Å²) in [6.45, 7) is 0. The molecular weight excluding hydrogens is 248 g/mol. The third-order valence-electron chi connectivity index (χ3n) is 3.84. The lowest BCUT2D eigenvalue weighted by molar-refractivity contribution is 0.165. The zero-order valence-electron chi connectivity index (χ0n) is 10.5. The molecule has 0 aliphatic heterocycles. The van der Waals surface area contributed by atoms with Crippen molar-refractivity contribution in [2.24, 2.45) is 5.92 Å². The van der Waals surface area contributed by atoms with Gasteiger partial charge in [-0.25, -0.2) is 4.68 Å². The molecule has 100 valence electrons. The van der Waals surface area contributed by atoms with Gasteiger partial charge in [0.15, 0.2) is 0 Å². The van der Waals surface area contributed by atoms with Gasteiger partial charge in [0.05, 0.1) is 12.1 Å². The number of hydrogen-bond donors (Lipinski definition) is 1. The highest BCUT2D eigenvalue weighted by Crippen LogP contribution is 2.36. The van der Waals surface area contributed by atoms with E-state index >= 15 is 0 Å². The van der Waals surface area contributed by atoms with Crippen LogP contribution in [0.15, 0.2) is 5.16 Å². The maximum atomic E-state index is 10.1. The van der Waals surface area contributed by atoms with Crippen molar-refractivity contribution in [3.63, 3.8) is 0 Å². The molecule has 2 aliphatic rings. The molecule has 1 N–H and O–H groups in total. The highest BCUT2D eigenvalue weighted by molar-refractivity contribution is 7.99. The van der Waals surface area contributed by atoms with E-state index in [9.17, 15) is 5.11 Å². The summed E-state index contributed by atoms with van der Waals surface area (Å²) in [5, 5.41) is 22.7. The van der Waals surface area contributed by atoms with Crippen LogP contribution in [-0.2, 0) is 0 Å². The number of hydrogen-bond acceptors (Lipinski definition) is 5. The number of thioether (sulfide) groups is 1. The second-order valence-electron chi connectivity index (χ2n) is 5.49. The number of aliphatic hydroxyl groups excluding tert-OH is 1. The Morgan fingerprint density at radius 1 is 1.28 bits per heavy atom. The summed E-state index contributed by atoms with van der Waals surface area (Å²) < 4.78 is 1.91. The van der Waals surface area contributed by atoms with E-state index in [1.807, 2.05) is 4.68 Å². The Morgan fingerprint density at radius 3 is 2.78 bits per heavy atom.